The molecular weight excluding hydrogens is 405 g/mol. The smallest absolute Gasteiger partial charge is 0.243 e. The van der Waals surface area contributed by atoms with Crippen molar-refractivity contribution in [1.29, 1.82) is 0 Å². The van der Waals surface area contributed by atoms with Crippen molar-refractivity contribution in [3.8, 4) is 0 Å². The van der Waals surface area contributed by atoms with Gasteiger partial charge in [-0.25, -0.2) is 25.5 Å². The zero-order valence-electron chi connectivity index (χ0n) is 15.6. The first-order chi connectivity index (χ1) is 13.1. The zero-order valence-corrected chi connectivity index (χ0v) is 17.2. The maximum Gasteiger partial charge on any atom is 0.243 e. The average molecular weight is 428 g/mol. The highest BCUT2D eigenvalue weighted by Gasteiger charge is 2.29. The van der Waals surface area contributed by atoms with Gasteiger partial charge in [0.2, 0.25) is 20.0 Å². The van der Waals surface area contributed by atoms with E-state index in [1.54, 1.807) is 18.2 Å². The molecule has 0 atom stereocenters. The Labute approximate surface area is 165 Å². The molecule has 0 aromatic heterocycles. The van der Waals surface area contributed by atoms with Gasteiger partial charge in [0.05, 0.1) is 15.5 Å². The van der Waals surface area contributed by atoms with Crippen molar-refractivity contribution in [3.63, 3.8) is 0 Å². The van der Waals surface area contributed by atoms with E-state index < -0.39 is 20.0 Å². The summed E-state index contributed by atoms with van der Waals surface area (Å²) in [6, 6.07) is 11.6. The quantitative estimate of drug-likeness (QED) is 0.724. The zero-order chi connectivity index (χ0) is 20.5. The maximum atomic E-state index is 13.9. The molecule has 28 heavy (non-hydrogen) atoms. The van der Waals surface area contributed by atoms with E-state index in [0.717, 1.165) is 4.31 Å². The van der Waals surface area contributed by atoms with Gasteiger partial charge in [-0.15, -0.1) is 0 Å². The van der Waals surface area contributed by atoms with Gasteiger partial charge in [0.1, 0.15) is 5.82 Å². The van der Waals surface area contributed by atoms with Crippen LogP contribution in [0.3, 0.4) is 0 Å². The first-order valence-corrected chi connectivity index (χ1v) is 11.5. The van der Waals surface area contributed by atoms with E-state index in [-0.39, 0.29) is 28.7 Å². The van der Waals surface area contributed by atoms with Crippen molar-refractivity contribution in [3.05, 3.63) is 54.3 Å². The Balaban J connectivity index is 1.75. The molecule has 0 amide bonds. The average Bonchev–Trinajstić information content (AvgIpc) is 2.68. The highest BCUT2D eigenvalue weighted by atomic mass is 32.2. The van der Waals surface area contributed by atoms with Crippen molar-refractivity contribution in [2.75, 3.05) is 45.2 Å². The summed E-state index contributed by atoms with van der Waals surface area (Å²) in [7, 11) is -4.56. The van der Waals surface area contributed by atoms with Crippen molar-refractivity contribution >= 4 is 25.7 Å². The van der Waals surface area contributed by atoms with Crippen LogP contribution in [0.15, 0.2) is 58.3 Å². The minimum absolute atomic E-state index is 0.0285. The van der Waals surface area contributed by atoms with Gasteiger partial charge in [0.25, 0.3) is 0 Å². The summed E-state index contributed by atoms with van der Waals surface area (Å²) in [4.78, 5) is 1.87. The molecule has 10 heteroatoms. The largest absolute Gasteiger partial charge is 0.367 e. The lowest BCUT2D eigenvalue weighted by atomic mass is 10.2. The van der Waals surface area contributed by atoms with E-state index in [0.29, 0.717) is 18.8 Å². The molecule has 1 fully saturated rings. The molecule has 1 aliphatic heterocycles. The van der Waals surface area contributed by atoms with Crippen LogP contribution in [0, 0.1) is 5.82 Å². The molecular formula is C18H22FN3O4S2. The topological polar surface area (TPSA) is 78.0 Å². The second-order valence-corrected chi connectivity index (χ2v) is 10.7. The summed E-state index contributed by atoms with van der Waals surface area (Å²) in [5, 5.41) is 0. The molecule has 1 aliphatic rings. The number of piperazine rings is 1. The van der Waals surface area contributed by atoms with Crippen molar-refractivity contribution < 1.29 is 21.2 Å². The van der Waals surface area contributed by atoms with Gasteiger partial charge in [-0.2, -0.15) is 4.31 Å². The summed E-state index contributed by atoms with van der Waals surface area (Å²) in [5.41, 5.74) is 0.456. The number of benzene rings is 2. The second kappa shape index (κ2) is 7.78. The lowest BCUT2D eigenvalue weighted by Crippen LogP contribution is -2.48. The molecule has 3 rings (SSSR count). The van der Waals surface area contributed by atoms with Gasteiger partial charge in [-0.05, 0) is 36.4 Å². The molecule has 0 saturated carbocycles. The van der Waals surface area contributed by atoms with Crippen molar-refractivity contribution in [2.45, 2.75) is 9.79 Å². The first-order valence-electron chi connectivity index (χ1n) is 8.66. The Hall–Kier alpha value is -2.01. The van der Waals surface area contributed by atoms with E-state index >= 15 is 0 Å². The summed E-state index contributed by atoms with van der Waals surface area (Å²) in [5.74, 6) is -0.337. The Morgan fingerprint density at radius 1 is 0.821 bits per heavy atom. The van der Waals surface area contributed by atoms with Crippen LogP contribution in [-0.2, 0) is 20.0 Å². The van der Waals surface area contributed by atoms with Crippen molar-refractivity contribution in [1.82, 2.24) is 8.61 Å². The fourth-order valence-electron chi connectivity index (χ4n) is 3.02. The van der Waals surface area contributed by atoms with Gasteiger partial charge in [0.15, 0.2) is 0 Å². The molecule has 0 radical (unpaired) electrons. The number of rotatable bonds is 5. The van der Waals surface area contributed by atoms with E-state index in [1.807, 2.05) is 4.90 Å². The Morgan fingerprint density at radius 3 is 1.89 bits per heavy atom. The highest BCUT2D eigenvalue weighted by molar-refractivity contribution is 7.89. The van der Waals surface area contributed by atoms with Crippen LogP contribution >= 0.6 is 0 Å². The normalized spacial score (nSPS) is 16.5. The fraction of sp³-hybridized carbons (Fsp3) is 0.333. The lowest BCUT2D eigenvalue weighted by molar-refractivity contribution is 0.383. The first kappa shape index (κ1) is 20.7. The Kier molecular flexibility index (Phi) is 5.76. The van der Waals surface area contributed by atoms with E-state index in [4.69, 9.17) is 0 Å². The van der Waals surface area contributed by atoms with Gasteiger partial charge in [-0.3, -0.25) is 0 Å². The third kappa shape index (κ3) is 3.90. The van der Waals surface area contributed by atoms with E-state index in [9.17, 15) is 21.2 Å². The summed E-state index contributed by atoms with van der Waals surface area (Å²) < 4.78 is 66.3. The molecule has 2 aromatic rings. The predicted octanol–water partition coefficient (Wildman–Crippen LogP) is 1.59. The molecule has 1 saturated heterocycles. The van der Waals surface area contributed by atoms with Crippen LogP contribution in [0.4, 0.5) is 10.1 Å². The van der Waals surface area contributed by atoms with Gasteiger partial charge in [0, 0.05) is 40.3 Å². The number of anilines is 1. The van der Waals surface area contributed by atoms with Crippen LogP contribution in [-0.4, -0.2) is 65.7 Å². The molecule has 0 aliphatic carbocycles. The van der Waals surface area contributed by atoms with Crippen LogP contribution in [0.2, 0.25) is 0 Å². The SMILES string of the molecule is CN(C)S(=O)(=O)c1ccc(S(=O)(=O)N2CCN(c3ccccc3F)CC2)cc1. The molecule has 0 bridgehead atoms. The maximum absolute atomic E-state index is 13.9. The number of sulfonamides is 2. The Bertz CT molecular complexity index is 1050. The fourth-order valence-corrected chi connectivity index (χ4v) is 5.34. The standard InChI is InChI=1S/C18H22FN3O4S2/c1-20(2)27(23,24)15-7-9-16(10-8-15)28(25,26)22-13-11-21(12-14-22)18-6-4-3-5-17(18)19/h3-10H,11-14H2,1-2H3. The molecule has 0 spiro atoms. The molecule has 1 heterocycles. The van der Waals surface area contributed by atoms with Crippen LogP contribution < -0.4 is 4.90 Å². The number of hydrogen-bond donors (Lipinski definition) is 0. The third-order valence-corrected chi connectivity index (χ3v) is 8.41. The minimum Gasteiger partial charge on any atom is -0.367 e. The summed E-state index contributed by atoms with van der Waals surface area (Å²) in [6.45, 7) is 1.17. The lowest BCUT2D eigenvalue weighted by Gasteiger charge is -2.35. The van der Waals surface area contributed by atoms with Gasteiger partial charge < -0.3 is 4.90 Å². The minimum atomic E-state index is -3.76. The number of nitrogens with zero attached hydrogens (tertiary/aromatic N) is 3. The molecule has 0 unspecified atom stereocenters. The molecule has 7 nitrogen and oxygen atoms in total. The van der Waals surface area contributed by atoms with Crippen LogP contribution in [0.25, 0.3) is 0 Å². The monoisotopic (exact) mass is 427 g/mol. The third-order valence-electron chi connectivity index (χ3n) is 4.67. The summed E-state index contributed by atoms with van der Waals surface area (Å²) in [6.07, 6.45) is 0. The van der Waals surface area contributed by atoms with E-state index in [1.165, 1.54) is 48.7 Å². The van der Waals surface area contributed by atoms with Crippen molar-refractivity contribution in [2.24, 2.45) is 0 Å². The predicted molar refractivity (Wildman–Crippen MR) is 105 cm³/mol. The van der Waals surface area contributed by atoms with Gasteiger partial charge >= 0.3 is 0 Å². The number of hydrogen-bond acceptors (Lipinski definition) is 5. The van der Waals surface area contributed by atoms with Gasteiger partial charge in [-0.1, -0.05) is 12.1 Å². The highest BCUT2D eigenvalue weighted by Crippen LogP contribution is 2.24. The number of halogens is 1. The molecule has 0 N–H and O–H groups in total. The van der Waals surface area contributed by atoms with Crippen LogP contribution in [0.5, 0.6) is 0 Å². The number of para-hydroxylation sites is 1. The van der Waals surface area contributed by atoms with Crippen LogP contribution in [0.1, 0.15) is 0 Å². The van der Waals surface area contributed by atoms with E-state index in [2.05, 4.69) is 0 Å². The molecule has 152 valence electrons. The second-order valence-electron chi connectivity index (χ2n) is 6.60. The molecule has 2 aromatic carbocycles. The summed E-state index contributed by atoms with van der Waals surface area (Å²) >= 11 is 0. The Morgan fingerprint density at radius 2 is 1.36 bits per heavy atom.